The average Bonchev–Trinajstić information content (AvgIpc) is 2.41. The van der Waals surface area contributed by atoms with Crippen LogP contribution in [0.15, 0.2) is 30.3 Å². The molecule has 1 fully saturated rings. The highest BCUT2D eigenvalue weighted by Gasteiger charge is 2.36. The van der Waals surface area contributed by atoms with Gasteiger partial charge in [0.05, 0.1) is 0 Å². The lowest BCUT2D eigenvalue weighted by molar-refractivity contribution is -0.120. The zero-order chi connectivity index (χ0) is 15.3. The molecule has 116 valence electrons. The fraction of sp³-hybridized carbons (Fsp3) is 0.588. The molecule has 0 aliphatic carbocycles. The fourth-order valence-corrected chi connectivity index (χ4v) is 3.30. The Kier molecular flexibility index (Phi) is 5.37. The maximum atomic E-state index is 11.4. The summed E-state index contributed by atoms with van der Waals surface area (Å²) >= 11 is 0. The Hall–Kier alpha value is -1.39. The minimum Gasteiger partial charge on any atom is -0.370 e. The number of benzene rings is 1. The first-order chi connectivity index (χ1) is 9.99. The molecule has 0 radical (unpaired) electrons. The molecule has 1 heterocycles. The number of carbonyl (C=O) groups excluding carboxylic acids is 1. The van der Waals surface area contributed by atoms with Gasteiger partial charge >= 0.3 is 0 Å². The number of hydrogen-bond donors (Lipinski definition) is 2. The van der Waals surface area contributed by atoms with Crippen molar-refractivity contribution in [3.05, 3.63) is 35.9 Å². The van der Waals surface area contributed by atoms with Crippen molar-refractivity contribution in [3.8, 4) is 0 Å². The van der Waals surface area contributed by atoms with Crippen molar-refractivity contribution in [3.63, 3.8) is 0 Å². The number of amides is 1. The van der Waals surface area contributed by atoms with Gasteiger partial charge in [0.1, 0.15) is 0 Å². The van der Waals surface area contributed by atoms with Gasteiger partial charge in [-0.1, -0.05) is 44.2 Å². The first kappa shape index (κ1) is 16.0. The monoisotopic (exact) mass is 289 g/mol. The summed E-state index contributed by atoms with van der Waals surface area (Å²) in [4.78, 5) is 13.9. The van der Waals surface area contributed by atoms with Crippen LogP contribution in [0.5, 0.6) is 0 Å². The molecule has 21 heavy (non-hydrogen) atoms. The van der Waals surface area contributed by atoms with Crippen molar-refractivity contribution >= 4 is 5.91 Å². The highest BCUT2D eigenvalue weighted by molar-refractivity contribution is 5.75. The van der Waals surface area contributed by atoms with E-state index in [1.807, 2.05) is 6.07 Å². The van der Waals surface area contributed by atoms with Gasteiger partial charge in [-0.05, 0) is 18.4 Å². The van der Waals surface area contributed by atoms with Gasteiger partial charge in [-0.2, -0.15) is 0 Å². The Morgan fingerprint density at radius 3 is 2.43 bits per heavy atom. The summed E-state index contributed by atoms with van der Waals surface area (Å²) in [7, 11) is 0. The highest BCUT2D eigenvalue weighted by Crippen LogP contribution is 2.27. The van der Waals surface area contributed by atoms with Crippen LogP contribution in [0.3, 0.4) is 0 Å². The third-order valence-corrected chi connectivity index (χ3v) is 4.17. The summed E-state index contributed by atoms with van der Waals surface area (Å²) in [5.74, 6) is -0.209. The standard InChI is InChI=1S/C17H27N3O/c1-14(2)19-17(12-16(18)21)8-10-20(11-9-17)13-15-6-4-3-5-7-15/h3-7,14,19H,8-13H2,1-2H3,(H2,18,21). The lowest BCUT2D eigenvalue weighted by atomic mass is 9.83. The van der Waals surface area contributed by atoms with Crippen LogP contribution in [-0.4, -0.2) is 35.5 Å². The summed E-state index contributed by atoms with van der Waals surface area (Å²) in [5.41, 5.74) is 6.68. The van der Waals surface area contributed by atoms with Crippen molar-refractivity contribution in [2.24, 2.45) is 5.73 Å². The molecule has 0 saturated carbocycles. The van der Waals surface area contributed by atoms with Crippen molar-refractivity contribution in [2.75, 3.05) is 13.1 Å². The van der Waals surface area contributed by atoms with E-state index in [1.54, 1.807) is 0 Å². The number of piperidine rings is 1. The number of rotatable bonds is 6. The molecule has 1 amide bonds. The molecular formula is C17H27N3O. The molecule has 0 spiro atoms. The molecule has 0 unspecified atom stereocenters. The number of primary amides is 1. The lowest BCUT2D eigenvalue weighted by Gasteiger charge is -2.43. The third kappa shape index (κ3) is 4.83. The number of nitrogens with two attached hydrogens (primary N) is 1. The predicted octanol–water partition coefficient (Wildman–Crippen LogP) is 1.89. The maximum Gasteiger partial charge on any atom is 0.219 e. The van der Waals surface area contributed by atoms with Crippen LogP contribution in [0.2, 0.25) is 0 Å². The van der Waals surface area contributed by atoms with E-state index < -0.39 is 0 Å². The Balaban J connectivity index is 1.94. The second-order valence-electron chi connectivity index (χ2n) is 6.48. The Bertz CT molecular complexity index is 450. The van der Waals surface area contributed by atoms with E-state index in [-0.39, 0.29) is 11.4 Å². The van der Waals surface area contributed by atoms with E-state index >= 15 is 0 Å². The van der Waals surface area contributed by atoms with Crippen molar-refractivity contribution in [2.45, 2.75) is 51.2 Å². The number of carbonyl (C=O) groups is 1. The summed E-state index contributed by atoms with van der Waals surface area (Å²) in [5, 5.41) is 3.58. The highest BCUT2D eigenvalue weighted by atomic mass is 16.1. The number of nitrogens with zero attached hydrogens (tertiary/aromatic N) is 1. The van der Waals surface area contributed by atoms with Crippen LogP contribution >= 0.6 is 0 Å². The van der Waals surface area contributed by atoms with Gasteiger partial charge in [0.25, 0.3) is 0 Å². The van der Waals surface area contributed by atoms with Gasteiger partial charge in [-0.15, -0.1) is 0 Å². The molecular weight excluding hydrogens is 262 g/mol. The van der Waals surface area contributed by atoms with Crippen molar-refractivity contribution in [1.29, 1.82) is 0 Å². The molecule has 3 N–H and O–H groups in total. The zero-order valence-electron chi connectivity index (χ0n) is 13.1. The second kappa shape index (κ2) is 7.05. The van der Waals surface area contributed by atoms with Gasteiger partial charge in [0.15, 0.2) is 0 Å². The van der Waals surface area contributed by atoms with E-state index in [0.29, 0.717) is 12.5 Å². The molecule has 0 atom stereocenters. The minimum atomic E-state index is -0.209. The maximum absolute atomic E-state index is 11.4. The number of nitrogens with one attached hydrogen (secondary N) is 1. The number of hydrogen-bond acceptors (Lipinski definition) is 3. The molecule has 1 aliphatic rings. The SMILES string of the molecule is CC(C)NC1(CC(N)=O)CCN(Cc2ccccc2)CC1. The normalized spacial score (nSPS) is 18.8. The summed E-state index contributed by atoms with van der Waals surface area (Å²) < 4.78 is 0. The fourth-order valence-electron chi connectivity index (χ4n) is 3.30. The van der Waals surface area contributed by atoms with Gasteiger partial charge in [0.2, 0.25) is 5.91 Å². The molecule has 4 heteroatoms. The average molecular weight is 289 g/mol. The largest absolute Gasteiger partial charge is 0.370 e. The van der Waals surface area contributed by atoms with E-state index in [1.165, 1.54) is 5.56 Å². The molecule has 1 aromatic rings. The van der Waals surface area contributed by atoms with Gasteiger partial charge in [0, 0.05) is 37.6 Å². The number of likely N-dealkylation sites (tertiary alicyclic amines) is 1. The minimum absolute atomic E-state index is 0.118. The lowest BCUT2D eigenvalue weighted by Crippen LogP contribution is -2.56. The molecule has 4 nitrogen and oxygen atoms in total. The van der Waals surface area contributed by atoms with E-state index in [9.17, 15) is 4.79 Å². The molecule has 1 aromatic carbocycles. The quantitative estimate of drug-likeness (QED) is 0.841. The van der Waals surface area contributed by atoms with Crippen LogP contribution in [-0.2, 0) is 11.3 Å². The Labute approximate surface area is 127 Å². The van der Waals surface area contributed by atoms with Crippen LogP contribution < -0.4 is 11.1 Å². The topological polar surface area (TPSA) is 58.4 Å². The van der Waals surface area contributed by atoms with Crippen LogP contribution in [0, 0.1) is 0 Å². The molecule has 2 rings (SSSR count). The zero-order valence-corrected chi connectivity index (χ0v) is 13.1. The summed E-state index contributed by atoms with van der Waals surface area (Å²) in [6, 6.07) is 10.9. The first-order valence-electron chi connectivity index (χ1n) is 7.81. The smallest absolute Gasteiger partial charge is 0.219 e. The molecule has 0 aromatic heterocycles. The van der Waals surface area contributed by atoms with Gasteiger partial charge in [-0.25, -0.2) is 0 Å². The summed E-state index contributed by atoms with van der Waals surface area (Å²) in [6.45, 7) is 7.23. The van der Waals surface area contributed by atoms with Crippen LogP contribution in [0.25, 0.3) is 0 Å². The van der Waals surface area contributed by atoms with Crippen LogP contribution in [0.1, 0.15) is 38.7 Å². The van der Waals surface area contributed by atoms with E-state index in [0.717, 1.165) is 32.5 Å². The van der Waals surface area contributed by atoms with Crippen LogP contribution in [0.4, 0.5) is 0 Å². The van der Waals surface area contributed by atoms with Gasteiger partial charge < -0.3 is 11.1 Å². The van der Waals surface area contributed by atoms with Crippen molar-refractivity contribution < 1.29 is 4.79 Å². The first-order valence-corrected chi connectivity index (χ1v) is 7.81. The Morgan fingerprint density at radius 2 is 1.90 bits per heavy atom. The van der Waals surface area contributed by atoms with E-state index in [4.69, 9.17) is 5.73 Å². The molecule has 1 saturated heterocycles. The predicted molar refractivity (Wildman–Crippen MR) is 85.8 cm³/mol. The second-order valence-corrected chi connectivity index (χ2v) is 6.48. The summed E-state index contributed by atoms with van der Waals surface area (Å²) in [6.07, 6.45) is 2.38. The van der Waals surface area contributed by atoms with Gasteiger partial charge in [-0.3, -0.25) is 9.69 Å². The van der Waals surface area contributed by atoms with Crippen molar-refractivity contribution in [1.82, 2.24) is 10.2 Å². The molecule has 1 aliphatic heterocycles. The third-order valence-electron chi connectivity index (χ3n) is 4.17. The molecule has 0 bridgehead atoms. The van der Waals surface area contributed by atoms with E-state index in [2.05, 4.69) is 48.3 Å². The Morgan fingerprint density at radius 1 is 1.29 bits per heavy atom.